The SMILES string of the molecule is CC(=O)O[C@H]1C[C@H]2[C@@H]([C@H](OC(C)=O)C[C@@H]3CC4(CC[C@@]32C)OOC2(CCCCC2)OO4)[C@@H]2CC[C@H]([C@H](C)CCC=O)[C@@]12C. The number of fused-ring (bicyclic) bond motifs is 5. The van der Waals surface area contributed by atoms with Gasteiger partial charge in [-0.05, 0) is 86.4 Å². The van der Waals surface area contributed by atoms with E-state index >= 15 is 0 Å². The van der Waals surface area contributed by atoms with Crippen molar-refractivity contribution in [2.24, 2.45) is 46.3 Å². The van der Waals surface area contributed by atoms with Gasteiger partial charge < -0.3 is 14.3 Å². The molecule has 5 saturated carbocycles. The summed E-state index contributed by atoms with van der Waals surface area (Å²) in [5, 5.41) is 0. The molecule has 0 amide bonds. The zero-order chi connectivity index (χ0) is 30.6. The maximum Gasteiger partial charge on any atom is 0.302 e. The molecule has 242 valence electrons. The highest BCUT2D eigenvalue weighted by Crippen LogP contribution is 2.70. The van der Waals surface area contributed by atoms with Gasteiger partial charge in [0.2, 0.25) is 11.6 Å². The van der Waals surface area contributed by atoms with Crippen molar-refractivity contribution in [3.63, 3.8) is 0 Å². The fraction of sp³-hybridized carbons (Fsp3) is 0.912. The molecule has 2 spiro atoms. The zero-order valence-electron chi connectivity index (χ0n) is 26.8. The maximum atomic E-state index is 12.6. The van der Waals surface area contributed by atoms with E-state index < -0.39 is 11.6 Å². The van der Waals surface area contributed by atoms with Crippen LogP contribution in [0.15, 0.2) is 0 Å². The summed E-state index contributed by atoms with van der Waals surface area (Å²) in [6.45, 7) is 9.95. The lowest BCUT2D eigenvalue weighted by molar-refractivity contribution is -0.665. The molecule has 0 aromatic heterocycles. The van der Waals surface area contributed by atoms with Crippen LogP contribution in [0.2, 0.25) is 0 Å². The fourth-order valence-corrected chi connectivity index (χ4v) is 11.0. The quantitative estimate of drug-likeness (QED) is 0.188. The van der Waals surface area contributed by atoms with Crippen LogP contribution in [-0.2, 0) is 43.4 Å². The second-order valence-electron chi connectivity index (χ2n) is 15.4. The maximum absolute atomic E-state index is 12.6. The highest BCUT2D eigenvalue weighted by molar-refractivity contribution is 5.66. The molecule has 1 heterocycles. The lowest BCUT2D eigenvalue weighted by atomic mass is 9.42. The second-order valence-corrected chi connectivity index (χ2v) is 15.4. The van der Waals surface area contributed by atoms with Crippen molar-refractivity contribution in [1.29, 1.82) is 0 Å². The van der Waals surface area contributed by atoms with E-state index in [4.69, 9.17) is 29.0 Å². The van der Waals surface area contributed by atoms with Crippen LogP contribution in [0.25, 0.3) is 0 Å². The molecule has 43 heavy (non-hydrogen) atoms. The Morgan fingerprint density at radius 3 is 2.19 bits per heavy atom. The van der Waals surface area contributed by atoms with Crippen molar-refractivity contribution in [3.05, 3.63) is 0 Å². The summed E-state index contributed by atoms with van der Waals surface area (Å²) in [4.78, 5) is 60.6. The molecule has 0 aromatic carbocycles. The Hall–Kier alpha value is -1.55. The van der Waals surface area contributed by atoms with Gasteiger partial charge in [-0.1, -0.05) is 27.2 Å². The van der Waals surface area contributed by atoms with Crippen LogP contribution < -0.4 is 0 Å². The predicted octanol–water partition coefficient (Wildman–Crippen LogP) is 6.61. The minimum Gasteiger partial charge on any atom is -0.462 e. The molecule has 0 unspecified atom stereocenters. The van der Waals surface area contributed by atoms with Crippen LogP contribution in [0.5, 0.6) is 0 Å². The second kappa shape index (κ2) is 11.7. The van der Waals surface area contributed by atoms with Crippen LogP contribution in [0, 0.1) is 46.3 Å². The number of rotatable bonds is 6. The third-order valence-corrected chi connectivity index (χ3v) is 13.2. The van der Waals surface area contributed by atoms with E-state index in [1.807, 2.05) is 0 Å². The molecule has 5 aliphatic carbocycles. The van der Waals surface area contributed by atoms with Gasteiger partial charge in [-0.15, -0.1) is 0 Å². The van der Waals surface area contributed by atoms with Crippen molar-refractivity contribution in [2.75, 3.05) is 0 Å². The number of esters is 2. The topological polar surface area (TPSA) is 107 Å². The molecule has 10 atom stereocenters. The van der Waals surface area contributed by atoms with Crippen LogP contribution in [-0.4, -0.2) is 42.0 Å². The van der Waals surface area contributed by atoms with Gasteiger partial charge >= 0.3 is 11.9 Å². The van der Waals surface area contributed by atoms with Gasteiger partial charge in [0, 0.05) is 57.3 Å². The van der Waals surface area contributed by atoms with Gasteiger partial charge in [0.1, 0.15) is 18.5 Å². The standard InChI is InChI=1S/C34H52O9/c1-21(10-9-17-35)25-11-12-26-30-27(19-29(32(25,26)5)39-23(3)37)31(4)15-16-34(20-24(31)18-28(30)38-22(2)36)42-40-33(41-43-34)13-7-6-8-14-33/h17,21,24-30H,6-16,18-20H2,1-5H3/t21-,24-,25-,26+,27+,28-,29+,30+,31+,32-/m1/s1. The van der Waals surface area contributed by atoms with Crippen molar-refractivity contribution in [2.45, 2.75) is 148 Å². The number of hydrogen-bond acceptors (Lipinski definition) is 9. The molecule has 0 N–H and O–H groups in total. The molecule has 0 radical (unpaired) electrons. The summed E-state index contributed by atoms with van der Waals surface area (Å²) in [6, 6.07) is 0. The normalized spacial score (nSPS) is 43.6. The monoisotopic (exact) mass is 604 g/mol. The molecule has 9 nitrogen and oxygen atoms in total. The van der Waals surface area contributed by atoms with Gasteiger partial charge in [0.15, 0.2) is 0 Å². The van der Waals surface area contributed by atoms with Crippen molar-refractivity contribution < 1.29 is 43.4 Å². The van der Waals surface area contributed by atoms with E-state index in [1.165, 1.54) is 13.8 Å². The molecule has 1 aliphatic heterocycles. The smallest absolute Gasteiger partial charge is 0.302 e. The van der Waals surface area contributed by atoms with Crippen LogP contribution in [0.1, 0.15) is 125 Å². The lowest BCUT2D eigenvalue weighted by Gasteiger charge is -2.65. The Labute approximate surface area is 256 Å². The fourth-order valence-electron chi connectivity index (χ4n) is 11.0. The van der Waals surface area contributed by atoms with Gasteiger partial charge in [0.25, 0.3) is 0 Å². The molecule has 9 heteroatoms. The van der Waals surface area contributed by atoms with Crippen LogP contribution >= 0.6 is 0 Å². The van der Waals surface area contributed by atoms with E-state index in [2.05, 4.69) is 20.8 Å². The van der Waals surface area contributed by atoms with E-state index in [9.17, 15) is 14.4 Å². The first-order valence-corrected chi connectivity index (χ1v) is 17.0. The van der Waals surface area contributed by atoms with E-state index in [1.54, 1.807) is 0 Å². The molecule has 6 fully saturated rings. The number of ether oxygens (including phenoxy) is 2. The predicted molar refractivity (Wildman–Crippen MR) is 154 cm³/mol. The van der Waals surface area contributed by atoms with Crippen molar-refractivity contribution in [1.82, 2.24) is 0 Å². The average molecular weight is 605 g/mol. The Morgan fingerprint density at radius 1 is 0.860 bits per heavy atom. The summed E-state index contributed by atoms with van der Waals surface area (Å²) in [6.07, 6.45) is 12.2. The highest BCUT2D eigenvalue weighted by atomic mass is 17.4. The number of aldehydes is 1. The van der Waals surface area contributed by atoms with E-state index in [0.29, 0.717) is 31.1 Å². The number of hydrogen-bond donors (Lipinski definition) is 0. The molecular weight excluding hydrogens is 552 g/mol. The van der Waals surface area contributed by atoms with Crippen LogP contribution in [0.3, 0.4) is 0 Å². The van der Waals surface area contributed by atoms with E-state index in [0.717, 1.165) is 76.9 Å². The summed E-state index contributed by atoms with van der Waals surface area (Å²) in [7, 11) is 0. The first-order valence-electron chi connectivity index (χ1n) is 17.0. The van der Waals surface area contributed by atoms with Gasteiger partial charge in [0.05, 0.1) is 0 Å². The van der Waals surface area contributed by atoms with Gasteiger partial charge in [-0.3, -0.25) is 9.59 Å². The summed E-state index contributed by atoms with van der Waals surface area (Å²) < 4.78 is 12.5. The Balaban J connectivity index is 1.30. The third kappa shape index (κ3) is 5.38. The molecule has 0 bridgehead atoms. The van der Waals surface area contributed by atoms with Crippen molar-refractivity contribution in [3.8, 4) is 0 Å². The minimum absolute atomic E-state index is 0.0831. The first-order chi connectivity index (χ1) is 20.5. The average Bonchev–Trinajstić information content (AvgIpc) is 3.33. The Morgan fingerprint density at radius 2 is 1.53 bits per heavy atom. The zero-order valence-corrected chi connectivity index (χ0v) is 26.8. The van der Waals surface area contributed by atoms with Gasteiger partial charge in [-0.25, -0.2) is 0 Å². The summed E-state index contributed by atoms with van der Waals surface area (Å²) in [5.74, 6) is -0.876. The molecular formula is C34H52O9. The number of carbonyl (C=O) groups excluding carboxylic acids is 3. The summed E-state index contributed by atoms with van der Waals surface area (Å²) in [5.41, 5.74) is -0.335. The molecule has 6 aliphatic rings. The van der Waals surface area contributed by atoms with Gasteiger partial charge in [-0.2, -0.15) is 19.6 Å². The van der Waals surface area contributed by atoms with Crippen molar-refractivity contribution >= 4 is 18.2 Å². The molecule has 6 rings (SSSR count). The number of carbonyl (C=O) groups is 3. The minimum atomic E-state index is -0.981. The Bertz CT molecular complexity index is 1060. The largest absolute Gasteiger partial charge is 0.462 e. The lowest BCUT2D eigenvalue weighted by Crippen LogP contribution is -2.65. The van der Waals surface area contributed by atoms with E-state index in [-0.39, 0.29) is 58.6 Å². The van der Waals surface area contributed by atoms with Crippen LogP contribution in [0.4, 0.5) is 0 Å². The summed E-state index contributed by atoms with van der Waals surface area (Å²) >= 11 is 0. The Kier molecular flexibility index (Phi) is 8.53. The molecule has 0 aromatic rings. The highest BCUT2D eigenvalue weighted by Gasteiger charge is 2.69. The molecule has 1 saturated heterocycles. The first kappa shape index (κ1) is 31.4. The third-order valence-electron chi connectivity index (χ3n) is 13.2.